The Morgan fingerprint density at radius 1 is 1.24 bits per heavy atom. The Morgan fingerprint density at radius 3 is 2.44 bits per heavy atom. The maximum atomic E-state index is 13.6. The van der Waals surface area contributed by atoms with Crippen LogP contribution in [0, 0.1) is 5.92 Å². The van der Waals surface area contributed by atoms with E-state index in [0.717, 1.165) is 18.4 Å². The topological polar surface area (TPSA) is 114 Å². The first kappa shape index (κ1) is 26.0. The zero-order valence-corrected chi connectivity index (χ0v) is 21.0. The molecular formula is C24H34ClN5O4. The van der Waals surface area contributed by atoms with Gasteiger partial charge in [-0.2, -0.15) is 0 Å². The molecule has 0 aliphatic heterocycles. The Bertz CT molecular complexity index is 1110. The van der Waals surface area contributed by atoms with Gasteiger partial charge in [-0.25, -0.2) is 4.79 Å². The van der Waals surface area contributed by atoms with Crippen LogP contribution in [-0.4, -0.2) is 53.2 Å². The highest BCUT2D eigenvalue weighted by Crippen LogP contribution is 2.34. The van der Waals surface area contributed by atoms with Crippen molar-refractivity contribution in [3.63, 3.8) is 0 Å². The summed E-state index contributed by atoms with van der Waals surface area (Å²) in [7, 11) is 1.52. The van der Waals surface area contributed by atoms with Crippen LogP contribution in [0.2, 0.25) is 5.02 Å². The summed E-state index contributed by atoms with van der Waals surface area (Å²) in [6, 6.07) is 7.85. The largest absolute Gasteiger partial charge is 0.383 e. The van der Waals surface area contributed by atoms with E-state index in [1.54, 1.807) is 0 Å². The number of nitrogen functional groups attached to an aromatic ring is 1. The van der Waals surface area contributed by atoms with E-state index < -0.39 is 11.2 Å². The summed E-state index contributed by atoms with van der Waals surface area (Å²) < 4.78 is 6.50. The summed E-state index contributed by atoms with van der Waals surface area (Å²) in [6.07, 6.45) is 2.01. The SMILES string of the molecule is COCCN(C(=O)CN(C1CC1)C(C)c1ccc(Cl)cc1)c1c(N)n(CC(C)C)c(=O)[nH]c1=O. The number of methoxy groups -OCH3 is 1. The molecule has 1 fully saturated rings. The Balaban J connectivity index is 1.94. The number of ether oxygens (including phenoxy) is 1. The standard InChI is InChI=1S/C24H34ClN5O4/c1-15(2)13-30-22(26)21(23(32)27-24(30)33)28(11-12-34-4)20(31)14-29(19-9-10-19)16(3)17-5-7-18(25)8-6-17/h5-8,15-16,19H,9-14,26H2,1-4H3,(H,27,32,33). The van der Waals surface area contributed by atoms with Crippen LogP contribution in [0.5, 0.6) is 0 Å². The summed E-state index contributed by atoms with van der Waals surface area (Å²) in [4.78, 5) is 44.6. The van der Waals surface area contributed by atoms with Crippen molar-refractivity contribution in [3.8, 4) is 0 Å². The lowest BCUT2D eigenvalue weighted by Gasteiger charge is -2.32. The summed E-state index contributed by atoms with van der Waals surface area (Å²) >= 11 is 6.04. The fraction of sp³-hybridized carbons (Fsp3) is 0.542. The van der Waals surface area contributed by atoms with E-state index in [2.05, 4.69) is 16.8 Å². The van der Waals surface area contributed by atoms with Crippen molar-refractivity contribution in [2.24, 2.45) is 5.92 Å². The number of hydrogen-bond acceptors (Lipinski definition) is 6. The zero-order chi connectivity index (χ0) is 25.0. The van der Waals surface area contributed by atoms with E-state index in [9.17, 15) is 14.4 Å². The number of nitrogens with zero attached hydrogens (tertiary/aromatic N) is 3. The summed E-state index contributed by atoms with van der Waals surface area (Å²) in [5.41, 5.74) is 6.06. The van der Waals surface area contributed by atoms with Gasteiger partial charge in [-0.05, 0) is 43.4 Å². The highest BCUT2D eigenvalue weighted by atomic mass is 35.5. The molecule has 1 aromatic carbocycles. The molecule has 1 amide bonds. The van der Waals surface area contributed by atoms with Gasteiger partial charge in [0.25, 0.3) is 5.56 Å². The van der Waals surface area contributed by atoms with Crippen LogP contribution in [0.25, 0.3) is 0 Å². The third kappa shape index (κ3) is 6.08. The lowest BCUT2D eigenvalue weighted by molar-refractivity contribution is -0.120. The molecule has 0 saturated heterocycles. The molecule has 1 aliphatic carbocycles. The highest BCUT2D eigenvalue weighted by Gasteiger charge is 2.36. The summed E-state index contributed by atoms with van der Waals surface area (Å²) in [6.45, 7) is 6.70. The summed E-state index contributed by atoms with van der Waals surface area (Å²) in [5.74, 6) is -0.181. The molecule has 0 spiro atoms. The minimum Gasteiger partial charge on any atom is -0.383 e. The average Bonchev–Trinajstić information content (AvgIpc) is 3.62. The van der Waals surface area contributed by atoms with E-state index in [1.165, 1.54) is 16.6 Å². The molecule has 10 heteroatoms. The van der Waals surface area contributed by atoms with E-state index in [1.807, 2.05) is 38.1 Å². The maximum absolute atomic E-state index is 13.6. The number of halogens is 1. The first-order chi connectivity index (χ1) is 16.1. The van der Waals surface area contributed by atoms with Crippen LogP contribution < -0.4 is 21.9 Å². The monoisotopic (exact) mass is 491 g/mol. The van der Waals surface area contributed by atoms with Gasteiger partial charge in [0.2, 0.25) is 5.91 Å². The van der Waals surface area contributed by atoms with Crippen LogP contribution in [-0.2, 0) is 16.1 Å². The molecule has 1 unspecified atom stereocenters. The number of carbonyl (C=O) groups excluding carboxylic acids is 1. The number of nitrogens with two attached hydrogens (primary N) is 1. The summed E-state index contributed by atoms with van der Waals surface area (Å²) in [5, 5.41) is 0.655. The molecule has 1 aliphatic rings. The van der Waals surface area contributed by atoms with Gasteiger partial charge in [-0.1, -0.05) is 37.6 Å². The Labute approximate surface area is 204 Å². The van der Waals surface area contributed by atoms with E-state index in [0.29, 0.717) is 11.6 Å². The Morgan fingerprint density at radius 2 is 1.88 bits per heavy atom. The molecule has 186 valence electrons. The molecule has 34 heavy (non-hydrogen) atoms. The van der Waals surface area contributed by atoms with Gasteiger partial charge in [-0.3, -0.25) is 24.0 Å². The number of amides is 1. The number of anilines is 2. The normalized spacial score (nSPS) is 14.6. The first-order valence-electron chi connectivity index (χ1n) is 11.6. The first-order valence-corrected chi connectivity index (χ1v) is 11.9. The van der Waals surface area contributed by atoms with Gasteiger partial charge < -0.3 is 15.4 Å². The van der Waals surface area contributed by atoms with Gasteiger partial charge >= 0.3 is 5.69 Å². The van der Waals surface area contributed by atoms with E-state index >= 15 is 0 Å². The quantitative estimate of drug-likeness (QED) is 0.499. The van der Waals surface area contributed by atoms with Crippen LogP contribution in [0.15, 0.2) is 33.9 Å². The fourth-order valence-electron chi connectivity index (χ4n) is 4.09. The van der Waals surface area contributed by atoms with Gasteiger partial charge in [0.05, 0.1) is 13.2 Å². The predicted molar refractivity (Wildman–Crippen MR) is 134 cm³/mol. The number of H-pyrrole nitrogens is 1. The van der Waals surface area contributed by atoms with Crippen LogP contribution in [0.4, 0.5) is 11.5 Å². The van der Waals surface area contributed by atoms with Gasteiger partial charge in [0.1, 0.15) is 5.82 Å². The Hall–Kier alpha value is -2.62. The predicted octanol–water partition coefficient (Wildman–Crippen LogP) is 2.63. The van der Waals surface area contributed by atoms with Gasteiger partial charge in [0, 0.05) is 37.3 Å². The highest BCUT2D eigenvalue weighted by molar-refractivity contribution is 6.30. The van der Waals surface area contributed by atoms with Crippen LogP contribution in [0.3, 0.4) is 0 Å². The smallest absolute Gasteiger partial charge is 0.330 e. The molecule has 1 atom stereocenters. The third-order valence-electron chi connectivity index (χ3n) is 6.04. The lowest BCUT2D eigenvalue weighted by Crippen LogP contribution is -2.47. The van der Waals surface area contributed by atoms with Crippen molar-refractivity contribution in [3.05, 3.63) is 55.7 Å². The molecule has 1 aromatic heterocycles. The van der Waals surface area contributed by atoms with Crippen molar-refractivity contribution in [2.75, 3.05) is 37.4 Å². The van der Waals surface area contributed by atoms with Crippen molar-refractivity contribution in [1.82, 2.24) is 14.5 Å². The van der Waals surface area contributed by atoms with E-state index in [4.69, 9.17) is 22.1 Å². The molecule has 1 saturated carbocycles. The molecule has 1 heterocycles. The van der Waals surface area contributed by atoms with E-state index in [-0.39, 0.29) is 55.1 Å². The number of aromatic nitrogens is 2. The Kier molecular flexibility index (Phi) is 8.57. The number of rotatable bonds is 11. The fourth-order valence-corrected chi connectivity index (χ4v) is 4.22. The van der Waals surface area contributed by atoms with Gasteiger partial charge in [-0.15, -0.1) is 0 Å². The number of hydrogen-bond donors (Lipinski definition) is 2. The molecule has 2 aromatic rings. The van der Waals surface area contributed by atoms with Crippen molar-refractivity contribution < 1.29 is 9.53 Å². The average molecular weight is 492 g/mol. The van der Waals surface area contributed by atoms with Crippen molar-refractivity contribution in [1.29, 1.82) is 0 Å². The second-order valence-electron chi connectivity index (χ2n) is 9.17. The molecule has 0 bridgehead atoms. The minimum absolute atomic E-state index is 0.0165. The number of carbonyl (C=O) groups is 1. The maximum Gasteiger partial charge on any atom is 0.330 e. The molecule has 3 N–H and O–H groups in total. The van der Waals surface area contributed by atoms with Crippen molar-refractivity contribution in [2.45, 2.75) is 52.2 Å². The second kappa shape index (κ2) is 11.2. The van der Waals surface area contributed by atoms with Crippen LogP contribution in [0.1, 0.15) is 45.2 Å². The molecule has 3 rings (SSSR count). The molecule has 9 nitrogen and oxygen atoms in total. The zero-order valence-electron chi connectivity index (χ0n) is 20.2. The number of nitrogens with one attached hydrogen (secondary N) is 1. The minimum atomic E-state index is -0.685. The lowest BCUT2D eigenvalue weighted by atomic mass is 10.1. The number of benzene rings is 1. The molecular weight excluding hydrogens is 458 g/mol. The van der Waals surface area contributed by atoms with Crippen LogP contribution >= 0.6 is 11.6 Å². The van der Waals surface area contributed by atoms with Crippen molar-refractivity contribution >= 4 is 29.0 Å². The number of aromatic amines is 1. The molecule has 0 radical (unpaired) electrons. The third-order valence-corrected chi connectivity index (χ3v) is 6.29. The van der Waals surface area contributed by atoms with Gasteiger partial charge in [0.15, 0.2) is 5.69 Å². The second-order valence-corrected chi connectivity index (χ2v) is 9.60.